The number of rotatable bonds is 2. The molecule has 0 bridgehead atoms. The van der Waals surface area contributed by atoms with Gasteiger partial charge in [0.1, 0.15) is 0 Å². The lowest BCUT2D eigenvalue weighted by Gasteiger charge is -2.00. The van der Waals surface area contributed by atoms with Crippen molar-refractivity contribution in [1.82, 2.24) is 0 Å². The highest BCUT2D eigenvalue weighted by Crippen LogP contribution is 2.09. The molecule has 0 aliphatic carbocycles. The van der Waals surface area contributed by atoms with Crippen LogP contribution in [0, 0.1) is 13.8 Å². The lowest BCUT2D eigenvalue weighted by atomic mass is 10.1. The van der Waals surface area contributed by atoms with Gasteiger partial charge in [-0.05, 0) is 31.9 Å². The molecule has 0 heteroatoms. The summed E-state index contributed by atoms with van der Waals surface area (Å²) in [6.07, 6.45) is 2.89. The second-order valence-electron chi connectivity index (χ2n) is 3.11. The third-order valence-electron chi connectivity index (χ3n) is 1.76. The van der Waals surface area contributed by atoms with E-state index in [9.17, 15) is 0 Å². The van der Waals surface area contributed by atoms with Gasteiger partial charge in [-0.3, -0.25) is 0 Å². The second-order valence-corrected chi connectivity index (χ2v) is 3.11. The summed E-state index contributed by atoms with van der Waals surface area (Å²) in [4.78, 5) is 0. The fourth-order valence-electron chi connectivity index (χ4n) is 1.38. The van der Waals surface area contributed by atoms with Gasteiger partial charge in [0.15, 0.2) is 0 Å². The third kappa shape index (κ3) is 2.41. The molecule has 0 spiro atoms. The van der Waals surface area contributed by atoms with Crippen molar-refractivity contribution in [2.75, 3.05) is 0 Å². The van der Waals surface area contributed by atoms with Crippen LogP contribution in [0.3, 0.4) is 0 Å². The zero-order valence-corrected chi connectivity index (χ0v) is 7.72. The van der Waals surface area contributed by atoms with Gasteiger partial charge in [-0.15, -0.1) is 5.73 Å². The molecule has 0 N–H and O–H groups in total. The molecule has 1 rings (SSSR count). The summed E-state index contributed by atoms with van der Waals surface area (Å²) in [6, 6.07) is 6.57. The third-order valence-corrected chi connectivity index (χ3v) is 1.76. The Morgan fingerprint density at radius 2 is 1.83 bits per heavy atom. The smallest absolute Gasteiger partial charge is 0.00213 e. The first-order valence-electron chi connectivity index (χ1n) is 4.14. The van der Waals surface area contributed by atoms with Gasteiger partial charge in [0.25, 0.3) is 0 Å². The van der Waals surface area contributed by atoms with Crippen molar-refractivity contribution in [3.8, 4) is 0 Å². The zero-order chi connectivity index (χ0) is 8.97. The van der Waals surface area contributed by atoms with Crippen molar-refractivity contribution in [3.63, 3.8) is 0 Å². The molecule has 0 atom stereocenters. The Labute approximate surface area is 74.2 Å². The summed E-state index contributed by atoms with van der Waals surface area (Å²) in [5, 5.41) is 0. The zero-order valence-electron chi connectivity index (χ0n) is 7.72. The lowest BCUT2D eigenvalue weighted by Crippen LogP contribution is -1.84. The van der Waals surface area contributed by atoms with Crippen LogP contribution in [-0.4, -0.2) is 0 Å². The highest BCUT2D eigenvalue weighted by Gasteiger charge is 1.92. The minimum atomic E-state index is 0.937. The highest BCUT2D eigenvalue weighted by atomic mass is 14.0. The number of aryl methyl sites for hydroxylation is 2. The molecule has 0 aliphatic heterocycles. The number of benzene rings is 1. The van der Waals surface area contributed by atoms with Crippen molar-refractivity contribution >= 4 is 0 Å². The van der Waals surface area contributed by atoms with Gasteiger partial charge >= 0.3 is 0 Å². The molecule has 0 radical (unpaired) electrons. The fraction of sp³-hybridized carbons (Fsp3) is 0.250. The molecular weight excluding hydrogens is 144 g/mol. The van der Waals surface area contributed by atoms with Gasteiger partial charge in [-0.1, -0.05) is 35.9 Å². The van der Waals surface area contributed by atoms with E-state index in [1.807, 2.05) is 6.08 Å². The first kappa shape index (κ1) is 8.83. The van der Waals surface area contributed by atoms with Crippen molar-refractivity contribution in [2.45, 2.75) is 20.3 Å². The van der Waals surface area contributed by atoms with E-state index in [2.05, 4.69) is 44.4 Å². The fourth-order valence-corrected chi connectivity index (χ4v) is 1.38. The SMILES string of the molecule is C=C=CCc1cc(C)cc(C)c1. The number of hydrogen-bond acceptors (Lipinski definition) is 0. The van der Waals surface area contributed by atoms with E-state index < -0.39 is 0 Å². The largest absolute Gasteiger partial charge is 0.133 e. The van der Waals surface area contributed by atoms with Gasteiger partial charge < -0.3 is 0 Å². The van der Waals surface area contributed by atoms with Gasteiger partial charge in [-0.25, -0.2) is 0 Å². The molecule has 1 aromatic rings. The van der Waals surface area contributed by atoms with E-state index in [1.165, 1.54) is 16.7 Å². The summed E-state index contributed by atoms with van der Waals surface area (Å²) < 4.78 is 0. The molecule has 0 aromatic heterocycles. The maximum atomic E-state index is 3.54. The van der Waals surface area contributed by atoms with E-state index in [1.54, 1.807) is 0 Å². The maximum absolute atomic E-state index is 3.54. The maximum Gasteiger partial charge on any atom is -0.00213 e. The lowest BCUT2D eigenvalue weighted by molar-refractivity contribution is 1.23. The van der Waals surface area contributed by atoms with E-state index in [-0.39, 0.29) is 0 Å². The Kier molecular flexibility index (Phi) is 2.90. The van der Waals surface area contributed by atoms with Crippen LogP contribution in [0.25, 0.3) is 0 Å². The van der Waals surface area contributed by atoms with Crippen molar-refractivity contribution in [2.24, 2.45) is 0 Å². The average Bonchev–Trinajstić information content (AvgIpc) is 1.99. The molecule has 0 amide bonds. The van der Waals surface area contributed by atoms with Gasteiger partial charge in [0.05, 0.1) is 0 Å². The number of hydrogen-bond donors (Lipinski definition) is 0. The van der Waals surface area contributed by atoms with Crippen molar-refractivity contribution in [1.29, 1.82) is 0 Å². The predicted octanol–water partition coefficient (Wildman–Crippen LogP) is 3.19. The van der Waals surface area contributed by atoms with Gasteiger partial charge in [-0.2, -0.15) is 0 Å². The normalized spacial score (nSPS) is 9.17. The van der Waals surface area contributed by atoms with E-state index >= 15 is 0 Å². The molecule has 1 aromatic carbocycles. The van der Waals surface area contributed by atoms with Crippen LogP contribution in [0.4, 0.5) is 0 Å². The monoisotopic (exact) mass is 158 g/mol. The minimum absolute atomic E-state index is 0.937. The first-order chi connectivity index (χ1) is 5.72. The topological polar surface area (TPSA) is 0 Å². The first-order valence-corrected chi connectivity index (χ1v) is 4.14. The molecule has 62 valence electrons. The van der Waals surface area contributed by atoms with Crippen LogP contribution in [-0.2, 0) is 6.42 Å². The van der Waals surface area contributed by atoms with Gasteiger partial charge in [0, 0.05) is 0 Å². The summed E-state index contributed by atoms with van der Waals surface area (Å²) in [6.45, 7) is 7.78. The molecule has 0 aliphatic rings. The molecular formula is C12H14. The molecule has 0 saturated heterocycles. The average molecular weight is 158 g/mol. The van der Waals surface area contributed by atoms with Crippen LogP contribution in [0.1, 0.15) is 16.7 Å². The Morgan fingerprint density at radius 1 is 1.25 bits per heavy atom. The number of allylic oxidation sites excluding steroid dienone is 1. The summed E-state index contributed by atoms with van der Waals surface area (Å²) in [5.41, 5.74) is 6.76. The Balaban J connectivity index is 2.92. The van der Waals surface area contributed by atoms with E-state index in [0.717, 1.165) is 6.42 Å². The summed E-state index contributed by atoms with van der Waals surface area (Å²) in [7, 11) is 0. The van der Waals surface area contributed by atoms with Gasteiger partial charge in [0.2, 0.25) is 0 Å². The molecule has 12 heavy (non-hydrogen) atoms. The Hall–Kier alpha value is -1.26. The Morgan fingerprint density at radius 3 is 2.33 bits per heavy atom. The van der Waals surface area contributed by atoms with Crippen LogP contribution < -0.4 is 0 Å². The van der Waals surface area contributed by atoms with Crippen LogP contribution in [0.5, 0.6) is 0 Å². The second kappa shape index (κ2) is 3.94. The molecule has 0 heterocycles. The van der Waals surface area contributed by atoms with Crippen LogP contribution in [0.15, 0.2) is 36.6 Å². The predicted molar refractivity (Wildman–Crippen MR) is 53.3 cm³/mol. The van der Waals surface area contributed by atoms with E-state index in [4.69, 9.17) is 0 Å². The summed E-state index contributed by atoms with van der Waals surface area (Å²) in [5.74, 6) is 0. The van der Waals surface area contributed by atoms with Crippen molar-refractivity contribution < 1.29 is 0 Å². The summed E-state index contributed by atoms with van der Waals surface area (Å²) >= 11 is 0. The minimum Gasteiger partial charge on any atom is -0.133 e. The molecule has 0 fully saturated rings. The van der Waals surface area contributed by atoms with Crippen molar-refractivity contribution in [3.05, 3.63) is 53.3 Å². The highest BCUT2D eigenvalue weighted by molar-refractivity contribution is 5.29. The molecule has 0 unspecified atom stereocenters. The Bertz CT molecular complexity index is 295. The van der Waals surface area contributed by atoms with E-state index in [0.29, 0.717) is 0 Å². The van der Waals surface area contributed by atoms with Crippen LogP contribution >= 0.6 is 0 Å². The molecule has 0 nitrogen and oxygen atoms in total. The standard InChI is InChI=1S/C12H14/c1-4-5-6-12-8-10(2)7-11(3)9-12/h5,7-9H,1,6H2,2-3H3. The molecule has 0 saturated carbocycles. The quantitative estimate of drug-likeness (QED) is 0.580. The van der Waals surface area contributed by atoms with Crippen LogP contribution in [0.2, 0.25) is 0 Å².